The van der Waals surface area contributed by atoms with Gasteiger partial charge in [-0.2, -0.15) is 15.1 Å². The van der Waals surface area contributed by atoms with Gasteiger partial charge in [-0.05, 0) is 25.0 Å². The summed E-state index contributed by atoms with van der Waals surface area (Å²) in [7, 11) is 1.75. The lowest BCUT2D eigenvalue weighted by Crippen LogP contribution is -2.43. The molecule has 1 fully saturated rings. The van der Waals surface area contributed by atoms with Gasteiger partial charge < -0.3 is 25.7 Å². The number of benzene rings is 1. The minimum atomic E-state index is -0.340. The fraction of sp³-hybridized carbons (Fsp3) is 0.273. The molecule has 1 aliphatic heterocycles. The van der Waals surface area contributed by atoms with E-state index in [1.54, 1.807) is 36.2 Å². The highest BCUT2D eigenvalue weighted by atomic mass is 19.1. The van der Waals surface area contributed by atoms with Crippen LogP contribution in [0.15, 0.2) is 36.8 Å². The first-order valence-electron chi connectivity index (χ1n) is 10.8. The summed E-state index contributed by atoms with van der Waals surface area (Å²) < 4.78 is 22.0. The third-order valence-corrected chi connectivity index (χ3v) is 5.94. The highest BCUT2D eigenvalue weighted by Gasteiger charge is 2.25. The van der Waals surface area contributed by atoms with Crippen molar-refractivity contribution in [2.24, 2.45) is 5.73 Å². The molecule has 6 rings (SSSR count). The molecule has 0 amide bonds. The van der Waals surface area contributed by atoms with Gasteiger partial charge in [0, 0.05) is 37.6 Å². The second-order valence-electron chi connectivity index (χ2n) is 8.18. The number of piperidine rings is 1. The molecule has 5 heterocycles. The first-order valence-corrected chi connectivity index (χ1v) is 10.8. The molecule has 5 aromatic rings. The van der Waals surface area contributed by atoms with Gasteiger partial charge in [0.15, 0.2) is 11.4 Å². The molecule has 4 N–H and O–H groups in total. The molecule has 0 bridgehead atoms. The van der Waals surface area contributed by atoms with Crippen LogP contribution in [0.3, 0.4) is 0 Å². The number of anilines is 2. The van der Waals surface area contributed by atoms with Crippen molar-refractivity contribution in [2.75, 3.05) is 30.4 Å². The molecule has 1 atom stereocenters. The van der Waals surface area contributed by atoms with Crippen LogP contribution in [-0.2, 0) is 0 Å². The molecular formula is C22H22FN9O. The van der Waals surface area contributed by atoms with Crippen LogP contribution in [-0.4, -0.2) is 55.7 Å². The number of aromatic nitrogens is 6. The lowest BCUT2D eigenvalue weighted by atomic mass is 10.1. The Morgan fingerprint density at radius 1 is 1.30 bits per heavy atom. The number of halogens is 1. The smallest absolute Gasteiger partial charge is 0.326 e. The van der Waals surface area contributed by atoms with E-state index < -0.39 is 0 Å². The monoisotopic (exact) mass is 447 g/mol. The molecule has 0 aliphatic carbocycles. The topological polar surface area (TPSA) is 122 Å². The average Bonchev–Trinajstić information content (AvgIpc) is 3.42. The van der Waals surface area contributed by atoms with Crippen molar-refractivity contribution in [1.29, 1.82) is 0 Å². The minimum Gasteiger partial charge on any atom is -0.421 e. The van der Waals surface area contributed by atoms with E-state index in [4.69, 9.17) is 15.5 Å². The van der Waals surface area contributed by atoms with Crippen molar-refractivity contribution in [2.45, 2.75) is 18.9 Å². The number of hydrogen-bond acceptors (Lipinski definition) is 8. The van der Waals surface area contributed by atoms with E-state index in [-0.39, 0.29) is 17.9 Å². The molecule has 10 nitrogen and oxygen atoms in total. The molecule has 0 spiro atoms. The summed E-state index contributed by atoms with van der Waals surface area (Å²) in [4.78, 5) is 19.1. The maximum atomic E-state index is 14.4. The van der Waals surface area contributed by atoms with Crippen LogP contribution < -0.4 is 20.7 Å². The second-order valence-corrected chi connectivity index (χ2v) is 8.18. The normalized spacial score (nSPS) is 16.7. The summed E-state index contributed by atoms with van der Waals surface area (Å²) in [5.74, 6) is 0.773. The van der Waals surface area contributed by atoms with E-state index in [0.717, 1.165) is 30.3 Å². The summed E-state index contributed by atoms with van der Waals surface area (Å²) in [5.41, 5.74) is 8.91. The van der Waals surface area contributed by atoms with Gasteiger partial charge >= 0.3 is 6.01 Å². The molecule has 11 heteroatoms. The van der Waals surface area contributed by atoms with Crippen molar-refractivity contribution in [3.63, 3.8) is 0 Å². The summed E-state index contributed by atoms with van der Waals surface area (Å²) in [6, 6.07) is 4.94. The molecule has 4 aromatic heterocycles. The lowest BCUT2D eigenvalue weighted by Gasteiger charge is -2.32. The highest BCUT2D eigenvalue weighted by molar-refractivity contribution is 6.14. The summed E-state index contributed by atoms with van der Waals surface area (Å²) in [6.45, 7) is 1.44. The van der Waals surface area contributed by atoms with Crippen LogP contribution in [0.2, 0.25) is 0 Å². The zero-order valence-corrected chi connectivity index (χ0v) is 17.9. The molecule has 1 aliphatic rings. The van der Waals surface area contributed by atoms with Crippen LogP contribution in [0.25, 0.3) is 27.6 Å². The maximum Gasteiger partial charge on any atom is 0.326 e. The van der Waals surface area contributed by atoms with Crippen molar-refractivity contribution >= 4 is 39.1 Å². The number of nitrogens with one attached hydrogen (secondary N) is 2. The van der Waals surface area contributed by atoms with Gasteiger partial charge in [0.05, 0.1) is 35.2 Å². The first kappa shape index (κ1) is 19.7. The van der Waals surface area contributed by atoms with Crippen LogP contribution in [0.4, 0.5) is 15.9 Å². The third kappa shape index (κ3) is 3.37. The van der Waals surface area contributed by atoms with Crippen molar-refractivity contribution in [1.82, 2.24) is 29.5 Å². The Kier molecular flexibility index (Phi) is 4.50. The standard InChI is InChI=1S/C22H22FN9O/c1-25-16-8-12(23)7-15-18-20(28-19(15)16)29-22(30-21(18)31-6-2-3-13(24)10-31)33-14-9-26-17-4-5-27-32(17)11-14/h4-5,7-9,11,13,25H,2-3,6,10,24H2,1H3,(H,28,29,30). The molecule has 0 saturated carbocycles. The van der Waals surface area contributed by atoms with E-state index in [2.05, 4.69) is 30.3 Å². The number of aromatic amines is 1. The Hall–Kier alpha value is -3.99. The van der Waals surface area contributed by atoms with Crippen LogP contribution in [0.5, 0.6) is 11.8 Å². The average molecular weight is 447 g/mol. The Bertz CT molecular complexity index is 1490. The van der Waals surface area contributed by atoms with E-state index in [1.165, 1.54) is 12.1 Å². The maximum absolute atomic E-state index is 14.4. The zero-order chi connectivity index (χ0) is 22.5. The third-order valence-electron chi connectivity index (χ3n) is 5.94. The Morgan fingerprint density at radius 3 is 3.06 bits per heavy atom. The largest absolute Gasteiger partial charge is 0.421 e. The van der Waals surface area contributed by atoms with Gasteiger partial charge in [-0.1, -0.05) is 0 Å². The molecule has 0 radical (unpaired) electrons. The van der Waals surface area contributed by atoms with Crippen molar-refractivity contribution in [3.8, 4) is 11.8 Å². The van der Waals surface area contributed by atoms with Crippen LogP contribution in [0.1, 0.15) is 12.8 Å². The predicted octanol–water partition coefficient (Wildman–Crippen LogP) is 3.05. The van der Waals surface area contributed by atoms with Gasteiger partial charge in [0.25, 0.3) is 0 Å². The molecular weight excluding hydrogens is 425 g/mol. The first-order chi connectivity index (χ1) is 16.1. The van der Waals surface area contributed by atoms with Crippen molar-refractivity contribution in [3.05, 3.63) is 42.6 Å². The molecule has 1 unspecified atom stereocenters. The summed E-state index contributed by atoms with van der Waals surface area (Å²) in [5, 5.41) is 8.68. The fourth-order valence-electron chi connectivity index (χ4n) is 4.45. The SMILES string of the molecule is CNc1cc(F)cc2c1[nH]c1nc(Oc3cnc4ccnn4c3)nc(N3CCCC(N)C3)c12. The highest BCUT2D eigenvalue weighted by Crippen LogP contribution is 2.37. The van der Waals surface area contributed by atoms with Gasteiger partial charge in [0.1, 0.15) is 17.3 Å². The number of rotatable bonds is 4. The van der Waals surface area contributed by atoms with E-state index in [9.17, 15) is 4.39 Å². The molecule has 168 valence electrons. The van der Waals surface area contributed by atoms with Crippen LogP contribution in [0, 0.1) is 5.82 Å². The summed E-state index contributed by atoms with van der Waals surface area (Å²) in [6.07, 6.45) is 6.87. The van der Waals surface area contributed by atoms with Crippen molar-refractivity contribution < 1.29 is 9.13 Å². The fourth-order valence-corrected chi connectivity index (χ4v) is 4.45. The van der Waals surface area contributed by atoms with E-state index in [0.29, 0.717) is 40.5 Å². The lowest BCUT2D eigenvalue weighted by molar-refractivity contribution is 0.436. The number of nitrogens with two attached hydrogens (primary N) is 1. The summed E-state index contributed by atoms with van der Waals surface area (Å²) >= 11 is 0. The minimum absolute atomic E-state index is 0.0365. The number of hydrogen-bond donors (Lipinski definition) is 3. The van der Waals surface area contributed by atoms with E-state index >= 15 is 0 Å². The number of nitrogens with zero attached hydrogens (tertiary/aromatic N) is 6. The molecule has 1 aromatic carbocycles. The number of fused-ring (bicyclic) bond motifs is 4. The molecule has 1 saturated heterocycles. The zero-order valence-electron chi connectivity index (χ0n) is 17.9. The van der Waals surface area contributed by atoms with E-state index in [1.807, 2.05) is 0 Å². The Morgan fingerprint density at radius 2 is 2.21 bits per heavy atom. The Balaban J connectivity index is 1.54. The predicted molar refractivity (Wildman–Crippen MR) is 123 cm³/mol. The van der Waals surface area contributed by atoms with Gasteiger partial charge in [0.2, 0.25) is 0 Å². The van der Waals surface area contributed by atoms with Gasteiger partial charge in [-0.25, -0.2) is 13.9 Å². The van der Waals surface area contributed by atoms with Gasteiger partial charge in [-0.3, -0.25) is 0 Å². The van der Waals surface area contributed by atoms with Gasteiger partial charge in [-0.15, -0.1) is 0 Å². The molecule has 33 heavy (non-hydrogen) atoms. The number of ether oxygens (including phenoxy) is 1. The Labute approximate surface area is 187 Å². The second kappa shape index (κ2) is 7.55. The van der Waals surface area contributed by atoms with Crippen LogP contribution >= 0.6 is 0 Å². The number of H-pyrrole nitrogens is 1. The quantitative estimate of drug-likeness (QED) is 0.384.